The molecule has 0 aromatic heterocycles. The Hall–Kier alpha value is -1.95. The number of likely N-dealkylation sites (N-methyl/N-ethyl adjacent to an activating group) is 1. The van der Waals surface area contributed by atoms with Gasteiger partial charge in [-0.1, -0.05) is 6.07 Å². The molecule has 2 rings (SSSR count). The molecule has 1 fully saturated rings. The van der Waals surface area contributed by atoms with E-state index in [0.29, 0.717) is 31.1 Å². The molecule has 1 N–H and O–H groups in total. The molecule has 1 amide bonds. The fourth-order valence-corrected chi connectivity index (χ4v) is 4.49. The highest BCUT2D eigenvalue weighted by Gasteiger charge is 2.34. The maximum atomic E-state index is 12.9. The summed E-state index contributed by atoms with van der Waals surface area (Å²) in [5.41, 5.74) is 1.16. The molecule has 1 saturated heterocycles. The number of rotatable bonds is 5. The number of nitriles is 1. The van der Waals surface area contributed by atoms with Crippen molar-refractivity contribution in [2.75, 3.05) is 39.8 Å². The standard InChI is InChI=1S/C19H28N4O3S/c1-15-6-7-17(12-16(15)2)27(25,26)23-10-8-22(9-11-23)13-18(24)21(5)19(3,4)14-20/h6-7,12H,8-11,13H2,1-5H3/p+1. The topological polar surface area (TPSA) is 85.9 Å². The number of sulfonamides is 1. The van der Waals surface area contributed by atoms with E-state index in [9.17, 15) is 13.2 Å². The minimum absolute atomic E-state index is 0.109. The molecule has 1 aromatic carbocycles. The van der Waals surface area contributed by atoms with E-state index in [1.807, 2.05) is 19.9 Å². The van der Waals surface area contributed by atoms with Crippen LogP contribution in [-0.4, -0.2) is 68.8 Å². The van der Waals surface area contributed by atoms with E-state index < -0.39 is 15.6 Å². The number of hydrogen-bond acceptors (Lipinski definition) is 4. The Morgan fingerprint density at radius 3 is 2.37 bits per heavy atom. The van der Waals surface area contributed by atoms with Crippen molar-refractivity contribution in [2.45, 2.75) is 38.1 Å². The molecule has 27 heavy (non-hydrogen) atoms. The first-order chi connectivity index (χ1) is 12.5. The minimum Gasteiger partial charge on any atom is -0.325 e. The fourth-order valence-electron chi connectivity index (χ4n) is 2.96. The van der Waals surface area contributed by atoms with E-state index in [1.54, 1.807) is 33.0 Å². The Morgan fingerprint density at radius 2 is 1.85 bits per heavy atom. The summed E-state index contributed by atoms with van der Waals surface area (Å²) in [6.07, 6.45) is 0. The van der Waals surface area contributed by atoms with Crippen molar-refractivity contribution < 1.29 is 18.1 Å². The highest BCUT2D eigenvalue weighted by Crippen LogP contribution is 2.19. The van der Waals surface area contributed by atoms with Gasteiger partial charge in [0.1, 0.15) is 5.54 Å². The van der Waals surface area contributed by atoms with E-state index in [-0.39, 0.29) is 12.5 Å². The van der Waals surface area contributed by atoms with E-state index >= 15 is 0 Å². The van der Waals surface area contributed by atoms with Crippen LogP contribution in [0.5, 0.6) is 0 Å². The molecule has 1 heterocycles. The lowest BCUT2D eigenvalue weighted by molar-refractivity contribution is -0.896. The van der Waals surface area contributed by atoms with Gasteiger partial charge in [-0.15, -0.1) is 0 Å². The van der Waals surface area contributed by atoms with Gasteiger partial charge in [0.25, 0.3) is 5.91 Å². The summed E-state index contributed by atoms with van der Waals surface area (Å²) in [7, 11) is -1.88. The molecule has 0 saturated carbocycles. The van der Waals surface area contributed by atoms with Crippen LogP contribution in [0.1, 0.15) is 25.0 Å². The Kier molecular flexibility index (Phi) is 6.30. The molecule has 8 heteroatoms. The zero-order chi connectivity index (χ0) is 20.4. The van der Waals surface area contributed by atoms with Gasteiger partial charge in [0.15, 0.2) is 6.54 Å². The quantitative estimate of drug-likeness (QED) is 0.760. The monoisotopic (exact) mass is 393 g/mol. The van der Waals surface area contributed by atoms with Crippen molar-refractivity contribution >= 4 is 15.9 Å². The predicted octanol–water partition coefficient (Wildman–Crippen LogP) is -0.0468. The Morgan fingerprint density at radius 1 is 1.26 bits per heavy atom. The van der Waals surface area contributed by atoms with Crippen molar-refractivity contribution in [3.63, 3.8) is 0 Å². The third-order valence-electron chi connectivity index (χ3n) is 5.43. The number of benzene rings is 1. The number of amides is 1. The van der Waals surface area contributed by atoms with Gasteiger partial charge in [-0.25, -0.2) is 8.42 Å². The molecule has 0 spiro atoms. The molecule has 148 valence electrons. The van der Waals surface area contributed by atoms with Gasteiger partial charge in [-0.2, -0.15) is 9.57 Å². The van der Waals surface area contributed by atoms with E-state index in [1.165, 1.54) is 9.21 Å². The van der Waals surface area contributed by atoms with Gasteiger partial charge < -0.3 is 9.80 Å². The van der Waals surface area contributed by atoms with E-state index in [2.05, 4.69) is 6.07 Å². The summed E-state index contributed by atoms with van der Waals surface area (Å²) in [5, 5.41) is 9.16. The van der Waals surface area contributed by atoms with Crippen molar-refractivity contribution in [1.82, 2.24) is 9.21 Å². The maximum Gasteiger partial charge on any atom is 0.278 e. The van der Waals surface area contributed by atoms with Crippen LogP contribution in [0.25, 0.3) is 0 Å². The highest BCUT2D eigenvalue weighted by molar-refractivity contribution is 7.89. The minimum atomic E-state index is -3.52. The van der Waals surface area contributed by atoms with E-state index in [0.717, 1.165) is 16.0 Å². The molecule has 1 aliphatic heterocycles. The number of nitrogens with zero attached hydrogens (tertiary/aromatic N) is 3. The average Bonchev–Trinajstić information content (AvgIpc) is 2.63. The summed E-state index contributed by atoms with van der Waals surface area (Å²) in [4.78, 5) is 15.2. The first-order valence-electron chi connectivity index (χ1n) is 9.08. The summed E-state index contributed by atoms with van der Waals surface area (Å²) in [6, 6.07) is 7.32. The summed E-state index contributed by atoms with van der Waals surface area (Å²) >= 11 is 0. The summed E-state index contributed by atoms with van der Waals surface area (Å²) in [5.74, 6) is -0.109. The average molecular weight is 394 g/mol. The van der Waals surface area contributed by atoms with Crippen LogP contribution in [0, 0.1) is 25.2 Å². The second kappa shape index (κ2) is 7.97. The second-order valence-corrected chi connectivity index (χ2v) is 9.64. The summed E-state index contributed by atoms with van der Waals surface area (Å²) in [6.45, 7) is 9.41. The van der Waals surface area contributed by atoms with Crippen LogP contribution < -0.4 is 4.90 Å². The predicted molar refractivity (Wildman–Crippen MR) is 103 cm³/mol. The van der Waals surface area contributed by atoms with Crippen molar-refractivity contribution in [2.24, 2.45) is 0 Å². The lowest BCUT2D eigenvalue weighted by Crippen LogP contribution is -3.15. The lowest BCUT2D eigenvalue weighted by Gasteiger charge is -2.34. The fraction of sp³-hybridized carbons (Fsp3) is 0.579. The molecule has 1 aromatic rings. The van der Waals surface area contributed by atoms with Crippen molar-refractivity contribution in [1.29, 1.82) is 5.26 Å². The molecule has 0 aliphatic carbocycles. The number of piperazine rings is 1. The molecule has 7 nitrogen and oxygen atoms in total. The molecule has 0 bridgehead atoms. The third-order valence-corrected chi connectivity index (χ3v) is 7.33. The van der Waals surface area contributed by atoms with Gasteiger partial charge in [-0.3, -0.25) is 4.79 Å². The van der Waals surface area contributed by atoms with Gasteiger partial charge in [-0.05, 0) is 51.0 Å². The number of hydrogen-bond donors (Lipinski definition) is 1. The number of carbonyl (C=O) groups excluding carboxylic acids is 1. The molecular formula is C19H29N4O3S+. The molecule has 0 atom stereocenters. The van der Waals surface area contributed by atoms with Crippen LogP contribution in [0.2, 0.25) is 0 Å². The Balaban J connectivity index is 1.99. The van der Waals surface area contributed by atoms with Crippen LogP contribution in [0.4, 0.5) is 0 Å². The Bertz CT molecular complexity index is 850. The van der Waals surface area contributed by atoms with Gasteiger partial charge in [0.05, 0.1) is 37.1 Å². The number of carbonyl (C=O) groups is 1. The number of quaternary nitrogens is 1. The highest BCUT2D eigenvalue weighted by atomic mass is 32.2. The van der Waals surface area contributed by atoms with Gasteiger partial charge >= 0.3 is 0 Å². The van der Waals surface area contributed by atoms with Gasteiger partial charge in [0.2, 0.25) is 10.0 Å². The summed E-state index contributed by atoms with van der Waals surface area (Å²) < 4.78 is 27.2. The van der Waals surface area contributed by atoms with Gasteiger partial charge in [0, 0.05) is 7.05 Å². The van der Waals surface area contributed by atoms with Crippen LogP contribution in [0.15, 0.2) is 23.1 Å². The normalized spacial score (nSPS) is 16.7. The van der Waals surface area contributed by atoms with Crippen molar-refractivity contribution in [3.05, 3.63) is 29.3 Å². The van der Waals surface area contributed by atoms with Crippen LogP contribution in [-0.2, 0) is 14.8 Å². The second-order valence-electron chi connectivity index (χ2n) is 7.70. The SMILES string of the molecule is Cc1ccc(S(=O)(=O)N2CC[NH+](CC(=O)N(C)C(C)(C)C#N)CC2)cc1C. The molecule has 0 unspecified atom stereocenters. The first-order valence-corrected chi connectivity index (χ1v) is 10.5. The number of aryl methyl sites for hydroxylation is 2. The smallest absolute Gasteiger partial charge is 0.278 e. The van der Waals surface area contributed by atoms with Crippen LogP contribution >= 0.6 is 0 Å². The molecular weight excluding hydrogens is 364 g/mol. The van der Waals surface area contributed by atoms with E-state index in [4.69, 9.17) is 5.26 Å². The third kappa shape index (κ3) is 4.67. The van der Waals surface area contributed by atoms with Crippen LogP contribution in [0.3, 0.4) is 0 Å². The lowest BCUT2D eigenvalue weighted by atomic mass is 10.1. The van der Waals surface area contributed by atoms with Crippen molar-refractivity contribution in [3.8, 4) is 6.07 Å². The molecule has 1 aliphatic rings. The maximum absolute atomic E-state index is 12.9. The zero-order valence-electron chi connectivity index (χ0n) is 16.7. The first kappa shape index (κ1) is 21.4. The zero-order valence-corrected chi connectivity index (χ0v) is 17.6. The Labute approximate surface area is 162 Å². The molecule has 0 radical (unpaired) electrons. The largest absolute Gasteiger partial charge is 0.325 e. The number of nitrogens with one attached hydrogen (secondary N) is 1.